The summed E-state index contributed by atoms with van der Waals surface area (Å²) in [6, 6.07) is 11.4. The SMILES string of the molecule is COc1ccccc1CCNC(=O)C1CCCN(C(=O)Nc2cccs2)C1. The molecule has 1 aliphatic rings. The molecule has 0 radical (unpaired) electrons. The molecule has 1 saturated heterocycles. The molecule has 1 unspecified atom stereocenters. The Bertz CT molecular complexity index is 764. The number of nitrogens with one attached hydrogen (secondary N) is 2. The molecule has 0 aliphatic carbocycles. The standard InChI is InChI=1S/C20H25N3O3S/c1-26-17-8-3-2-6-15(17)10-11-21-19(24)16-7-4-12-23(14-16)20(25)22-18-9-5-13-27-18/h2-3,5-6,8-9,13,16H,4,7,10-12,14H2,1H3,(H,21,24)(H,22,25). The third-order valence-corrected chi connectivity index (χ3v) is 5.50. The number of anilines is 1. The van der Waals surface area contributed by atoms with Gasteiger partial charge in [0, 0.05) is 19.6 Å². The quantitative estimate of drug-likeness (QED) is 0.798. The number of hydrogen-bond donors (Lipinski definition) is 2. The molecule has 144 valence electrons. The van der Waals surface area contributed by atoms with Crippen molar-refractivity contribution in [1.82, 2.24) is 10.2 Å². The van der Waals surface area contributed by atoms with Gasteiger partial charge in [-0.2, -0.15) is 0 Å². The molecule has 3 rings (SSSR count). The van der Waals surface area contributed by atoms with Crippen molar-refractivity contribution >= 4 is 28.3 Å². The van der Waals surface area contributed by atoms with Gasteiger partial charge in [0.1, 0.15) is 5.75 Å². The summed E-state index contributed by atoms with van der Waals surface area (Å²) in [6.07, 6.45) is 2.36. The largest absolute Gasteiger partial charge is 0.496 e. The number of rotatable bonds is 6. The second-order valence-corrected chi connectivity index (χ2v) is 7.49. The molecule has 27 heavy (non-hydrogen) atoms. The van der Waals surface area contributed by atoms with Crippen LogP contribution in [0.15, 0.2) is 41.8 Å². The lowest BCUT2D eigenvalue weighted by molar-refractivity contribution is -0.126. The fourth-order valence-electron chi connectivity index (χ4n) is 3.28. The maximum absolute atomic E-state index is 12.5. The van der Waals surface area contributed by atoms with Crippen LogP contribution in [0.1, 0.15) is 18.4 Å². The van der Waals surface area contributed by atoms with E-state index in [2.05, 4.69) is 10.6 Å². The summed E-state index contributed by atoms with van der Waals surface area (Å²) < 4.78 is 5.34. The van der Waals surface area contributed by atoms with Gasteiger partial charge in [0.05, 0.1) is 18.0 Å². The highest BCUT2D eigenvalue weighted by Gasteiger charge is 2.28. The summed E-state index contributed by atoms with van der Waals surface area (Å²) in [7, 11) is 1.65. The van der Waals surface area contributed by atoms with Gasteiger partial charge in [0.2, 0.25) is 5.91 Å². The summed E-state index contributed by atoms with van der Waals surface area (Å²) in [6.45, 7) is 1.69. The van der Waals surface area contributed by atoms with E-state index in [1.54, 1.807) is 12.0 Å². The number of methoxy groups -OCH3 is 1. The second kappa shape index (κ2) is 9.41. The van der Waals surface area contributed by atoms with Crippen molar-refractivity contribution < 1.29 is 14.3 Å². The third-order valence-electron chi connectivity index (χ3n) is 4.72. The number of ether oxygens (including phenoxy) is 1. The molecular formula is C20H25N3O3S. The third kappa shape index (κ3) is 5.23. The van der Waals surface area contributed by atoms with Crippen molar-refractivity contribution in [3.8, 4) is 5.75 Å². The van der Waals surface area contributed by atoms with Crippen molar-refractivity contribution in [1.29, 1.82) is 0 Å². The monoisotopic (exact) mass is 387 g/mol. The smallest absolute Gasteiger partial charge is 0.322 e. The fourth-order valence-corrected chi connectivity index (χ4v) is 3.89. The lowest BCUT2D eigenvalue weighted by Gasteiger charge is -2.32. The fraction of sp³-hybridized carbons (Fsp3) is 0.400. The van der Waals surface area contributed by atoms with Crippen LogP contribution in [0, 0.1) is 5.92 Å². The first kappa shape index (κ1) is 19.2. The van der Waals surface area contributed by atoms with Crippen molar-refractivity contribution in [2.75, 3.05) is 32.1 Å². The number of carbonyl (C=O) groups excluding carboxylic acids is 2. The van der Waals surface area contributed by atoms with E-state index in [0.717, 1.165) is 29.2 Å². The highest BCUT2D eigenvalue weighted by molar-refractivity contribution is 7.14. The molecule has 6 nitrogen and oxygen atoms in total. The van der Waals surface area contributed by atoms with E-state index in [-0.39, 0.29) is 17.9 Å². The number of likely N-dealkylation sites (tertiary alicyclic amines) is 1. The van der Waals surface area contributed by atoms with E-state index < -0.39 is 0 Å². The van der Waals surface area contributed by atoms with Gasteiger partial charge in [-0.15, -0.1) is 11.3 Å². The maximum atomic E-state index is 12.5. The van der Waals surface area contributed by atoms with E-state index in [1.165, 1.54) is 11.3 Å². The van der Waals surface area contributed by atoms with Gasteiger partial charge in [0.15, 0.2) is 0 Å². The Morgan fingerprint density at radius 2 is 2.11 bits per heavy atom. The number of hydrogen-bond acceptors (Lipinski definition) is 4. The normalized spacial score (nSPS) is 16.6. The van der Waals surface area contributed by atoms with E-state index in [9.17, 15) is 9.59 Å². The predicted molar refractivity (Wildman–Crippen MR) is 107 cm³/mol. The number of benzene rings is 1. The van der Waals surface area contributed by atoms with E-state index in [4.69, 9.17) is 4.74 Å². The number of urea groups is 1. The molecule has 0 bridgehead atoms. The van der Waals surface area contributed by atoms with Gasteiger partial charge in [-0.05, 0) is 48.4 Å². The van der Waals surface area contributed by atoms with Crippen LogP contribution in [0.25, 0.3) is 0 Å². The number of para-hydroxylation sites is 1. The van der Waals surface area contributed by atoms with Gasteiger partial charge in [-0.1, -0.05) is 18.2 Å². The molecular weight excluding hydrogens is 362 g/mol. The lowest BCUT2D eigenvalue weighted by Crippen LogP contribution is -2.47. The molecule has 1 atom stereocenters. The first-order chi connectivity index (χ1) is 13.2. The first-order valence-corrected chi connectivity index (χ1v) is 10.0. The molecule has 0 spiro atoms. The van der Waals surface area contributed by atoms with Gasteiger partial charge < -0.3 is 15.0 Å². The lowest BCUT2D eigenvalue weighted by atomic mass is 9.97. The minimum atomic E-state index is -0.162. The van der Waals surface area contributed by atoms with Crippen LogP contribution in [-0.4, -0.2) is 43.6 Å². The number of carbonyl (C=O) groups is 2. The maximum Gasteiger partial charge on any atom is 0.322 e. The van der Waals surface area contributed by atoms with Crippen LogP contribution in [0.2, 0.25) is 0 Å². The highest BCUT2D eigenvalue weighted by atomic mass is 32.1. The number of nitrogens with zero attached hydrogens (tertiary/aromatic N) is 1. The van der Waals surface area contributed by atoms with Gasteiger partial charge in [0.25, 0.3) is 0 Å². The Hall–Kier alpha value is -2.54. The summed E-state index contributed by atoms with van der Waals surface area (Å²) in [5.74, 6) is 0.685. The summed E-state index contributed by atoms with van der Waals surface area (Å²) in [5.41, 5.74) is 1.07. The number of amides is 3. The minimum absolute atomic E-state index is 0.0125. The number of piperidine rings is 1. The molecule has 7 heteroatoms. The molecule has 1 aliphatic heterocycles. The minimum Gasteiger partial charge on any atom is -0.496 e. The van der Waals surface area contributed by atoms with Crippen molar-refractivity contribution in [3.63, 3.8) is 0 Å². The Morgan fingerprint density at radius 1 is 1.26 bits per heavy atom. The average Bonchev–Trinajstić information content (AvgIpc) is 3.21. The van der Waals surface area contributed by atoms with E-state index in [1.807, 2.05) is 41.8 Å². The van der Waals surface area contributed by atoms with Crippen LogP contribution >= 0.6 is 11.3 Å². The van der Waals surface area contributed by atoms with E-state index >= 15 is 0 Å². The van der Waals surface area contributed by atoms with Crippen molar-refractivity contribution in [2.45, 2.75) is 19.3 Å². The zero-order chi connectivity index (χ0) is 19.1. The van der Waals surface area contributed by atoms with Crippen LogP contribution in [-0.2, 0) is 11.2 Å². The summed E-state index contributed by atoms with van der Waals surface area (Å²) in [5, 5.41) is 8.64. The molecule has 0 saturated carbocycles. The molecule has 2 heterocycles. The molecule has 1 aromatic carbocycles. The zero-order valence-corrected chi connectivity index (χ0v) is 16.3. The topological polar surface area (TPSA) is 70.7 Å². The average molecular weight is 388 g/mol. The Labute approximate surface area is 163 Å². The molecule has 2 aromatic rings. The summed E-state index contributed by atoms with van der Waals surface area (Å²) >= 11 is 1.49. The Balaban J connectivity index is 1.47. The highest BCUT2D eigenvalue weighted by Crippen LogP contribution is 2.21. The van der Waals surface area contributed by atoms with Crippen molar-refractivity contribution in [3.05, 3.63) is 47.3 Å². The first-order valence-electron chi connectivity index (χ1n) is 9.16. The van der Waals surface area contributed by atoms with E-state index in [0.29, 0.717) is 26.1 Å². The zero-order valence-electron chi connectivity index (χ0n) is 15.4. The van der Waals surface area contributed by atoms with Crippen LogP contribution < -0.4 is 15.4 Å². The van der Waals surface area contributed by atoms with Crippen LogP contribution in [0.5, 0.6) is 5.75 Å². The second-order valence-electron chi connectivity index (χ2n) is 6.55. The Kier molecular flexibility index (Phi) is 6.70. The van der Waals surface area contributed by atoms with Crippen molar-refractivity contribution in [2.24, 2.45) is 5.92 Å². The van der Waals surface area contributed by atoms with Crippen LogP contribution in [0.3, 0.4) is 0 Å². The van der Waals surface area contributed by atoms with Gasteiger partial charge in [-0.3, -0.25) is 10.1 Å². The molecule has 1 aromatic heterocycles. The van der Waals surface area contributed by atoms with Gasteiger partial charge >= 0.3 is 6.03 Å². The molecule has 1 fully saturated rings. The van der Waals surface area contributed by atoms with Crippen LogP contribution in [0.4, 0.5) is 9.80 Å². The Morgan fingerprint density at radius 3 is 2.89 bits per heavy atom. The molecule has 2 N–H and O–H groups in total. The predicted octanol–water partition coefficient (Wildman–Crippen LogP) is 3.36. The van der Waals surface area contributed by atoms with Gasteiger partial charge in [-0.25, -0.2) is 4.79 Å². The molecule has 3 amide bonds. The number of thiophene rings is 1. The summed E-state index contributed by atoms with van der Waals surface area (Å²) in [4.78, 5) is 26.6.